The van der Waals surface area contributed by atoms with Crippen molar-refractivity contribution in [1.82, 2.24) is 0 Å². The van der Waals surface area contributed by atoms with E-state index in [1.165, 1.54) is 0 Å². The minimum absolute atomic E-state index is 0.151. The van der Waals surface area contributed by atoms with Gasteiger partial charge in [0.2, 0.25) is 6.79 Å². The summed E-state index contributed by atoms with van der Waals surface area (Å²) in [5.41, 5.74) is 0.614. The van der Waals surface area contributed by atoms with Crippen molar-refractivity contribution in [2.24, 2.45) is 0 Å². The zero-order chi connectivity index (χ0) is 11.4. The summed E-state index contributed by atoms with van der Waals surface area (Å²) in [6.07, 6.45) is 0.333. The Hall–Kier alpha value is -1.49. The zero-order valence-corrected chi connectivity index (χ0v) is 8.74. The molecule has 1 aliphatic heterocycles. The smallest absolute Gasteiger partial charge is 0.231 e. The monoisotopic (exact) mass is 228 g/mol. The fourth-order valence-electron chi connectivity index (χ4n) is 1.46. The first kappa shape index (κ1) is 11.0. The van der Waals surface area contributed by atoms with Gasteiger partial charge in [-0.05, 0) is 6.07 Å². The van der Waals surface area contributed by atoms with Crippen LogP contribution in [0.3, 0.4) is 0 Å². The molecule has 0 spiro atoms. The van der Waals surface area contributed by atoms with Crippen LogP contribution in [0.2, 0.25) is 0 Å². The summed E-state index contributed by atoms with van der Waals surface area (Å²) in [6.45, 7) is -0.113. The molecule has 0 saturated carbocycles. The molecule has 2 rings (SSSR count). The largest absolute Gasteiger partial charge is 0.493 e. The highest BCUT2D eigenvalue weighted by Gasteiger charge is 2.17. The lowest BCUT2D eigenvalue weighted by molar-refractivity contribution is 0.173. The van der Waals surface area contributed by atoms with Crippen molar-refractivity contribution < 1.29 is 23.7 Å². The van der Waals surface area contributed by atoms with Crippen molar-refractivity contribution in [2.45, 2.75) is 13.0 Å². The molecule has 1 N–H and O–H groups in total. The van der Waals surface area contributed by atoms with Gasteiger partial charge in [0, 0.05) is 18.1 Å². The second kappa shape index (κ2) is 5.03. The van der Waals surface area contributed by atoms with Crippen molar-refractivity contribution in [3.63, 3.8) is 0 Å². The van der Waals surface area contributed by atoms with E-state index in [0.29, 0.717) is 29.2 Å². The molecule has 0 amide bonds. The van der Waals surface area contributed by atoms with Crippen LogP contribution < -0.4 is 14.2 Å². The van der Waals surface area contributed by atoms with Crippen LogP contribution in [-0.4, -0.2) is 25.2 Å². The van der Waals surface area contributed by atoms with E-state index in [4.69, 9.17) is 19.3 Å². The first-order valence-electron chi connectivity index (χ1n) is 5.07. The predicted molar refractivity (Wildman–Crippen MR) is 54.6 cm³/mol. The lowest BCUT2D eigenvalue weighted by Crippen LogP contribution is -2.01. The Bertz CT molecular complexity index is 367. The average molecular weight is 228 g/mol. The van der Waals surface area contributed by atoms with Gasteiger partial charge in [0.1, 0.15) is 5.75 Å². The van der Waals surface area contributed by atoms with Gasteiger partial charge in [-0.1, -0.05) is 0 Å². The van der Waals surface area contributed by atoms with Gasteiger partial charge in [0.25, 0.3) is 0 Å². The van der Waals surface area contributed by atoms with Gasteiger partial charge in [0.15, 0.2) is 11.5 Å². The number of hydrogen-bond acceptors (Lipinski definition) is 4. The second-order valence-electron chi connectivity index (χ2n) is 3.36. The van der Waals surface area contributed by atoms with E-state index in [1.54, 1.807) is 12.1 Å². The van der Waals surface area contributed by atoms with Crippen LogP contribution in [-0.2, 0) is 6.61 Å². The summed E-state index contributed by atoms with van der Waals surface area (Å²) in [5.74, 6) is 1.70. The standard InChI is InChI=1S/C11H13FO4/c12-2-1-3-14-9-5-11-10(15-7-16-11)4-8(9)6-13/h4-5,13H,1-3,6-7H2. The van der Waals surface area contributed by atoms with Crippen LogP contribution in [0.5, 0.6) is 17.2 Å². The topological polar surface area (TPSA) is 47.9 Å². The predicted octanol–water partition coefficient (Wildman–Crippen LogP) is 1.65. The van der Waals surface area contributed by atoms with E-state index in [1.807, 2.05) is 0 Å². The highest BCUT2D eigenvalue weighted by Crippen LogP contribution is 2.38. The summed E-state index contributed by atoms with van der Waals surface area (Å²) in [7, 11) is 0. The number of rotatable bonds is 5. The number of benzene rings is 1. The maximum absolute atomic E-state index is 11.9. The van der Waals surface area contributed by atoms with Gasteiger partial charge in [-0.2, -0.15) is 0 Å². The highest BCUT2D eigenvalue weighted by atomic mass is 19.1. The molecule has 0 saturated heterocycles. The number of alkyl halides is 1. The number of hydrogen-bond donors (Lipinski definition) is 1. The number of halogens is 1. The van der Waals surface area contributed by atoms with Gasteiger partial charge < -0.3 is 19.3 Å². The number of aliphatic hydroxyl groups excluding tert-OH is 1. The lowest BCUT2D eigenvalue weighted by atomic mass is 10.2. The third-order valence-electron chi connectivity index (χ3n) is 2.26. The normalized spacial score (nSPS) is 12.9. The molecule has 0 bridgehead atoms. The molecule has 4 nitrogen and oxygen atoms in total. The van der Waals surface area contributed by atoms with Gasteiger partial charge >= 0.3 is 0 Å². The molecular weight excluding hydrogens is 215 g/mol. The summed E-state index contributed by atoms with van der Waals surface area (Å²) in [6, 6.07) is 3.33. The second-order valence-corrected chi connectivity index (χ2v) is 3.36. The van der Waals surface area contributed by atoms with Crippen LogP contribution in [0.25, 0.3) is 0 Å². The molecular formula is C11H13FO4. The van der Waals surface area contributed by atoms with E-state index < -0.39 is 6.67 Å². The zero-order valence-electron chi connectivity index (χ0n) is 8.74. The molecule has 0 fully saturated rings. The van der Waals surface area contributed by atoms with E-state index >= 15 is 0 Å². The molecule has 5 heteroatoms. The molecule has 0 aromatic heterocycles. The Labute approximate surface area is 92.6 Å². The summed E-state index contributed by atoms with van der Waals surface area (Å²) in [5, 5.41) is 9.16. The Morgan fingerprint density at radius 2 is 2.06 bits per heavy atom. The van der Waals surface area contributed by atoms with Crippen LogP contribution in [0.15, 0.2) is 12.1 Å². The van der Waals surface area contributed by atoms with E-state index in [-0.39, 0.29) is 20.0 Å². The quantitative estimate of drug-likeness (QED) is 0.778. The van der Waals surface area contributed by atoms with Gasteiger partial charge in [-0.15, -0.1) is 0 Å². The SMILES string of the molecule is OCc1cc2c(cc1OCCCF)OCO2. The molecule has 1 heterocycles. The minimum atomic E-state index is -0.418. The summed E-state index contributed by atoms with van der Waals surface area (Å²) >= 11 is 0. The Morgan fingerprint density at radius 3 is 2.75 bits per heavy atom. The van der Waals surface area contributed by atoms with E-state index in [0.717, 1.165) is 0 Å². The molecule has 1 aromatic carbocycles. The highest BCUT2D eigenvalue weighted by molar-refractivity contribution is 5.51. The molecule has 16 heavy (non-hydrogen) atoms. The average Bonchev–Trinajstić information content (AvgIpc) is 2.75. The van der Waals surface area contributed by atoms with Crippen molar-refractivity contribution in [3.05, 3.63) is 17.7 Å². The van der Waals surface area contributed by atoms with Crippen molar-refractivity contribution in [3.8, 4) is 17.2 Å². The van der Waals surface area contributed by atoms with Crippen molar-refractivity contribution in [2.75, 3.05) is 20.1 Å². The molecule has 1 aliphatic rings. The summed E-state index contributed by atoms with van der Waals surface area (Å²) in [4.78, 5) is 0. The maximum Gasteiger partial charge on any atom is 0.231 e. The van der Waals surface area contributed by atoms with Crippen molar-refractivity contribution in [1.29, 1.82) is 0 Å². The number of aliphatic hydroxyl groups is 1. The van der Waals surface area contributed by atoms with E-state index in [9.17, 15) is 4.39 Å². The minimum Gasteiger partial charge on any atom is -0.493 e. The van der Waals surface area contributed by atoms with Crippen LogP contribution >= 0.6 is 0 Å². The maximum atomic E-state index is 11.9. The van der Waals surface area contributed by atoms with Crippen LogP contribution in [0.1, 0.15) is 12.0 Å². The van der Waals surface area contributed by atoms with Gasteiger partial charge in [0.05, 0.1) is 19.9 Å². The lowest BCUT2D eigenvalue weighted by Gasteiger charge is -2.10. The van der Waals surface area contributed by atoms with Crippen molar-refractivity contribution >= 4 is 0 Å². The molecule has 0 atom stereocenters. The van der Waals surface area contributed by atoms with Gasteiger partial charge in [-0.3, -0.25) is 4.39 Å². The molecule has 1 aromatic rings. The fraction of sp³-hybridized carbons (Fsp3) is 0.455. The Balaban J connectivity index is 2.15. The van der Waals surface area contributed by atoms with Gasteiger partial charge in [-0.25, -0.2) is 0 Å². The molecule has 88 valence electrons. The summed E-state index contributed by atoms with van der Waals surface area (Å²) < 4.78 is 27.6. The third-order valence-corrected chi connectivity index (χ3v) is 2.26. The Morgan fingerprint density at radius 1 is 1.31 bits per heavy atom. The molecule has 0 unspecified atom stereocenters. The number of fused-ring (bicyclic) bond motifs is 1. The van der Waals surface area contributed by atoms with Crippen LogP contribution in [0.4, 0.5) is 4.39 Å². The third kappa shape index (κ3) is 2.19. The first-order valence-corrected chi connectivity index (χ1v) is 5.07. The number of ether oxygens (including phenoxy) is 3. The Kier molecular flexibility index (Phi) is 3.46. The molecule has 0 radical (unpaired) electrons. The first-order chi connectivity index (χ1) is 7.85. The van der Waals surface area contributed by atoms with Crippen LogP contribution in [0, 0.1) is 0 Å². The van der Waals surface area contributed by atoms with E-state index in [2.05, 4.69) is 0 Å². The molecule has 0 aliphatic carbocycles. The fourth-order valence-corrected chi connectivity index (χ4v) is 1.46.